The fourth-order valence-corrected chi connectivity index (χ4v) is 0.703. The summed E-state index contributed by atoms with van der Waals surface area (Å²) in [7, 11) is 0. The number of esters is 1. The lowest BCUT2D eigenvalue weighted by atomic mass is 10.3. The molecule has 5 nitrogen and oxygen atoms in total. The van der Waals surface area contributed by atoms with Gasteiger partial charge >= 0.3 is 11.9 Å². The molecule has 1 rings (SSSR count). The van der Waals surface area contributed by atoms with Crippen LogP contribution in [0.1, 0.15) is 0 Å². The zero-order chi connectivity index (χ0) is 9.14. The summed E-state index contributed by atoms with van der Waals surface area (Å²) in [6.07, 6.45) is -0.555. The molecule has 1 heterocycles. The molecule has 1 fully saturated rings. The molecule has 0 radical (unpaired) electrons. The van der Waals surface area contributed by atoms with Gasteiger partial charge in [-0.3, -0.25) is 0 Å². The van der Waals surface area contributed by atoms with Crippen molar-refractivity contribution in [3.05, 3.63) is 12.7 Å². The van der Waals surface area contributed by atoms with Gasteiger partial charge in [-0.2, -0.15) is 0 Å². The van der Waals surface area contributed by atoms with Gasteiger partial charge in [-0.25, -0.2) is 9.59 Å². The Labute approximate surface area is 80.7 Å². The molecular weight excluding hydrogens is 200 g/mol. The molecule has 0 aromatic heterocycles. The van der Waals surface area contributed by atoms with E-state index >= 15 is 0 Å². The highest BCUT2D eigenvalue weighted by Gasteiger charge is 2.51. The van der Waals surface area contributed by atoms with Crippen LogP contribution in [0.15, 0.2) is 12.7 Å². The van der Waals surface area contributed by atoms with Gasteiger partial charge in [0.25, 0.3) is 0 Å². The van der Waals surface area contributed by atoms with Crippen molar-refractivity contribution in [2.75, 3.05) is 6.61 Å². The molecule has 0 aliphatic carbocycles. The summed E-state index contributed by atoms with van der Waals surface area (Å²) in [6, 6.07) is 0. The van der Waals surface area contributed by atoms with Crippen molar-refractivity contribution in [3.8, 4) is 0 Å². The maximum atomic E-state index is 10.8. The highest BCUT2D eigenvalue weighted by Crippen LogP contribution is 2.23. The van der Waals surface area contributed by atoms with E-state index in [-0.39, 0.29) is 19.0 Å². The SMILES string of the molecule is C=CCOC(=O)C1OC1C(=O)O.Cl. The summed E-state index contributed by atoms with van der Waals surface area (Å²) in [5.41, 5.74) is 0. The number of aliphatic carboxylic acids is 1. The molecular formula is C7H9ClO5. The minimum absolute atomic E-state index is 0. The molecule has 2 unspecified atom stereocenters. The quantitative estimate of drug-likeness (QED) is 0.400. The van der Waals surface area contributed by atoms with Crippen LogP contribution in [0.2, 0.25) is 0 Å². The number of carbonyl (C=O) groups is 2. The molecule has 1 aliphatic rings. The van der Waals surface area contributed by atoms with Crippen LogP contribution in [-0.4, -0.2) is 35.9 Å². The lowest BCUT2D eigenvalue weighted by Gasteiger charge is -1.95. The Bertz CT molecular complexity index is 227. The smallest absolute Gasteiger partial charge is 0.339 e. The third-order valence-corrected chi connectivity index (χ3v) is 1.31. The Kier molecular flexibility index (Phi) is 4.44. The molecule has 6 heteroatoms. The van der Waals surface area contributed by atoms with Crippen LogP contribution < -0.4 is 0 Å². The lowest BCUT2D eigenvalue weighted by Crippen LogP contribution is -2.18. The summed E-state index contributed by atoms with van der Waals surface area (Å²) < 4.78 is 9.08. The molecule has 74 valence electrons. The number of halogens is 1. The van der Waals surface area contributed by atoms with Crippen LogP contribution in [0.25, 0.3) is 0 Å². The van der Waals surface area contributed by atoms with E-state index < -0.39 is 24.1 Å². The zero-order valence-corrected chi connectivity index (χ0v) is 7.45. The molecule has 1 N–H and O–H groups in total. The second-order valence-corrected chi connectivity index (χ2v) is 2.23. The van der Waals surface area contributed by atoms with Gasteiger partial charge in [0.1, 0.15) is 6.61 Å². The van der Waals surface area contributed by atoms with Crippen molar-refractivity contribution in [1.82, 2.24) is 0 Å². The number of hydrogen-bond acceptors (Lipinski definition) is 4. The van der Waals surface area contributed by atoms with Crippen LogP contribution in [0.5, 0.6) is 0 Å². The first-order chi connectivity index (χ1) is 5.66. The van der Waals surface area contributed by atoms with Gasteiger partial charge in [-0.05, 0) is 0 Å². The van der Waals surface area contributed by atoms with Crippen molar-refractivity contribution in [2.45, 2.75) is 12.2 Å². The number of carbonyl (C=O) groups excluding carboxylic acids is 1. The summed E-state index contributed by atoms with van der Waals surface area (Å²) in [5, 5.41) is 8.35. The minimum Gasteiger partial charge on any atom is -0.479 e. The average Bonchev–Trinajstić information content (AvgIpc) is 2.78. The largest absolute Gasteiger partial charge is 0.479 e. The molecule has 2 atom stereocenters. The van der Waals surface area contributed by atoms with Crippen molar-refractivity contribution in [2.24, 2.45) is 0 Å². The lowest BCUT2D eigenvalue weighted by molar-refractivity contribution is -0.144. The van der Waals surface area contributed by atoms with Crippen molar-refractivity contribution in [3.63, 3.8) is 0 Å². The van der Waals surface area contributed by atoms with Gasteiger partial charge in [-0.1, -0.05) is 12.7 Å². The number of hydrogen-bond donors (Lipinski definition) is 1. The van der Waals surface area contributed by atoms with Crippen LogP contribution in [0.4, 0.5) is 0 Å². The maximum Gasteiger partial charge on any atom is 0.339 e. The van der Waals surface area contributed by atoms with Crippen molar-refractivity contribution in [1.29, 1.82) is 0 Å². The summed E-state index contributed by atoms with van der Waals surface area (Å²) in [4.78, 5) is 21.0. The fourth-order valence-electron chi connectivity index (χ4n) is 0.703. The summed E-state index contributed by atoms with van der Waals surface area (Å²) in [5.74, 6) is -1.79. The summed E-state index contributed by atoms with van der Waals surface area (Å²) >= 11 is 0. The highest BCUT2D eigenvalue weighted by molar-refractivity contribution is 5.89. The number of rotatable bonds is 4. The minimum atomic E-state index is -1.14. The maximum absolute atomic E-state index is 10.8. The molecule has 0 saturated carbocycles. The van der Waals surface area contributed by atoms with E-state index in [0.29, 0.717) is 0 Å². The van der Waals surface area contributed by atoms with Gasteiger partial charge in [0.15, 0.2) is 12.2 Å². The third kappa shape index (κ3) is 3.04. The van der Waals surface area contributed by atoms with Gasteiger partial charge in [0, 0.05) is 0 Å². The fraction of sp³-hybridized carbons (Fsp3) is 0.429. The van der Waals surface area contributed by atoms with Crippen molar-refractivity contribution >= 4 is 24.3 Å². The molecule has 0 spiro atoms. The Morgan fingerprint density at radius 1 is 1.54 bits per heavy atom. The molecule has 0 bridgehead atoms. The Balaban J connectivity index is 0.00000144. The normalized spacial score (nSPS) is 24.0. The molecule has 0 amide bonds. The highest BCUT2D eigenvalue weighted by atomic mass is 35.5. The van der Waals surface area contributed by atoms with Gasteiger partial charge < -0.3 is 14.6 Å². The predicted molar refractivity (Wildman–Crippen MR) is 44.7 cm³/mol. The Morgan fingerprint density at radius 2 is 2.15 bits per heavy atom. The molecule has 1 aliphatic heterocycles. The second-order valence-electron chi connectivity index (χ2n) is 2.23. The number of epoxide rings is 1. The molecule has 1 saturated heterocycles. The average molecular weight is 209 g/mol. The van der Waals surface area contributed by atoms with E-state index in [1.54, 1.807) is 0 Å². The Morgan fingerprint density at radius 3 is 2.54 bits per heavy atom. The van der Waals surface area contributed by atoms with E-state index in [2.05, 4.69) is 16.1 Å². The van der Waals surface area contributed by atoms with E-state index in [1.165, 1.54) is 6.08 Å². The monoisotopic (exact) mass is 208 g/mol. The van der Waals surface area contributed by atoms with Gasteiger partial charge in [0.2, 0.25) is 0 Å². The van der Waals surface area contributed by atoms with Gasteiger partial charge in [-0.15, -0.1) is 12.4 Å². The van der Waals surface area contributed by atoms with Crippen LogP contribution in [0, 0.1) is 0 Å². The van der Waals surface area contributed by atoms with E-state index in [0.717, 1.165) is 0 Å². The van der Waals surface area contributed by atoms with E-state index in [9.17, 15) is 9.59 Å². The van der Waals surface area contributed by atoms with Crippen LogP contribution in [0.3, 0.4) is 0 Å². The number of carboxylic acid groups (broad SMARTS) is 1. The zero-order valence-electron chi connectivity index (χ0n) is 6.63. The van der Waals surface area contributed by atoms with E-state index in [4.69, 9.17) is 5.11 Å². The Hall–Kier alpha value is -1.07. The number of carboxylic acids is 1. The molecule has 0 aromatic rings. The molecule has 13 heavy (non-hydrogen) atoms. The third-order valence-electron chi connectivity index (χ3n) is 1.31. The first kappa shape index (κ1) is 11.9. The van der Waals surface area contributed by atoms with Gasteiger partial charge in [0.05, 0.1) is 0 Å². The summed E-state index contributed by atoms with van der Waals surface area (Å²) in [6.45, 7) is 3.41. The van der Waals surface area contributed by atoms with Crippen molar-refractivity contribution < 1.29 is 24.2 Å². The standard InChI is InChI=1S/C7H8O5.ClH/c1-2-3-11-7(10)5-4(12-5)6(8)9;/h2,4-5H,1,3H2,(H,8,9);1H. The van der Waals surface area contributed by atoms with Crippen LogP contribution >= 0.6 is 12.4 Å². The first-order valence-corrected chi connectivity index (χ1v) is 3.32. The second kappa shape index (κ2) is 4.84. The number of ether oxygens (including phenoxy) is 2. The van der Waals surface area contributed by atoms with Crippen LogP contribution in [-0.2, 0) is 19.1 Å². The predicted octanol–water partition coefficient (Wildman–Crippen LogP) is -0.0106. The van der Waals surface area contributed by atoms with E-state index in [1.807, 2.05) is 0 Å². The molecule has 0 aromatic carbocycles. The first-order valence-electron chi connectivity index (χ1n) is 3.32. The topological polar surface area (TPSA) is 76.1 Å².